The van der Waals surface area contributed by atoms with Crippen LogP contribution in [0.25, 0.3) is 0 Å². The highest BCUT2D eigenvalue weighted by atomic mass is 35.5. The van der Waals surface area contributed by atoms with Crippen LogP contribution in [0.2, 0.25) is 5.15 Å². The summed E-state index contributed by atoms with van der Waals surface area (Å²) in [4.78, 5) is 29.1. The molecule has 7 heteroatoms. The third kappa shape index (κ3) is 3.90. The number of rotatable bonds is 5. The Kier molecular flexibility index (Phi) is 5.88. The molecule has 0 bridgehead atoms. The van der Waals surface area contributed by atoms with Gasteiger partial charge in [0, 0.05) is 13.1 Å². The molecule has 1 rings (SSSR count). The lowest BCUT2D eigenvalue weighted by atomic mass is 10.2. The van der Waals surface area contributed by atoms with Gasteiger partial charge in [-0.3, -0.25) is 9.59 Å². The van der Waals surface area contributed by atoms with E-state index in [9.17, 15) is 14.0 Å². The van der Waals surface area contributed by atoms with Gasteiger partial charge in [-0.15, -0.1) is 0 Å². The van der Waals surface area contributed by atoms with Crippen LogP contribution in [0, 0.1) is 5.82 Å². The number of likely N-dealkylation sites (N-methyl/N-ethyl adjacent to an activating group) is 1. The highest BCUT2D eigenvalue weighted by Gasteiger charge is 2.22. The fourth-order valence-corrected chi connectivity index (χ4v) is 1.92. The number of amides is 2. The fraction of sp³-hybridized carbons (Fsp3) is 0.462. The second-order valence-corrected chi connectivity index (χ2v) is 4.56. The van der Waals surface area contributed by atoms with Crippen LogP contribution in [-0.4, -0.2) is 40.8 Å². The molecule has 0 saturated heterocycles. The van der Waals surface area contributed by atoms with Gasteiger partial charge in [-0.1, -0.05) is 11.6 Å². The van der Waals surface area contributed by atoms with Crippen LogP contribution in [0.4, 0.5) is 4.39 Å². The molecule has 1 aromatic rings. The smallest absolute Gasteiger partial charge is 0.255 e. The highest BCUT2D eigenvalue weighted by molar-refractivity contribution is 6.32. The zero-order valence-electron chi connectivity index (χ0n) is 11.6. The number of carbonyl (C=O) groups excluding carboxylic acids is 2. The van der Waals surface area contributed by atoms with Gasteiger partial charge in [0.15, 0.2) is 0 Å². The molecule has 5 nitrogen and oxygen atoms in total. The van der Waals surface area contributed by atoms with Crippen LogP contribution in [-0.2, 0) is 4.79 Å². The summed E-state index contributed by atoms with van der Waals surface area (Å²) in [5, 5.41) is 2.39. The third-order valence-electron chi connectivity index (χ3n) is 2.84. The number of nitrogens with zero attached hydrogens (tertiary/aromatic N) is 2. The predicted molar refractivity (Wildman–Crippen MR) is 74.1 cm³/mol. The molecule has 1 aromatic heterocycles. The summed E-state index contributed by atoms with van der Waals surface area (Å²) in [5.41, 5.74) is -0.0918. The molecule has 0 aliphatic rings. The van der Waals surface area contributed by atoms with Crippen molar-refractivity contribution in [2.75, 3.05) is 13.1 Å². The number of pyridine rings is 1. The van der Waals surface area contributed by atoms with E-state index in [2.05, 4.69) is 10.3 Å². The molecule has 0 aromatic carbocycles. The van der Waals surface area contributed by atoms with Crippen LogP contribution in [0.3, 0.4) is 0 Å². The van der Waals surface area contributed by atoms with Crippen molar-refractivity contribution in [1.82, 2.24) is 15.2 Å². The molecule has 0 aliphatic heterocycles. The van der Waals surface area contributed by atoms with Crippen LogP contribution in [0.15, 0.2) is 12.3 Å². The van der Waals surface area contributed by atoms with E-state index in [1.54, 1.807) is 11.8 Å². The van der Waals surface area contributed by atoms with E-state index in [-0.39, 0.29) is 16.6 Å². The second kappa shape index (κ2) is 7.19. The van der Waals surface area contributed by atoms with Gasteiger partial charge in [0.2, 0.25) is 5.91 Å². The van der Waals surface area contributed by atoms with E-state index >= 15 is 0 Å². The van der Waals surface area contributed by atoms with Crippen molar-refractivity contribution in [2.24, 2.45) is 0 Å². The van der Waals surface area contributed by atoms with Crippen LogP contribution in [0.1, 0.15) is 31.1 Å². The van der Waals surface area contributed by atoms with Gasteiger partial charge >= 0.3 is 0 Å². The molecule has 2 amide bonds. The zero-order chi connectivity index (χ0) is 15.3. The van der Waals surface area contributed by atoms with Crippen LogP contribution < -0.4 is 5.32 Å². The molecule has 1 heterocycles. The first-order chi connectivity index (χ1) is 9.40. The lowest BCUT2D eigenvalue weighted by molar-refractivity contribution is -0.132. The van der Waals surface area contributed by atoms with Crippen molar-refractivity contribution in [3.05, 3.63) is 28.8 Å². The van der Waals surface area contributed by atoms with E-state index in [1.165, 1.54) is 0 Å². The largest absolute Gasteiger partial charge is 0.341 e. The van der Waals surface area contributed by atoms with Gasteiger partial charge in [0.1, 0.15) is 17.0 Å². The van der Waals surface area contributed by atoms with E-state index in [0.29, 0.717) is 13.1 Å². The van der Waals surface area contributed by atoms with Crippen molar-refractivity contribution < 1.29 is 14.0 Å². The normalized spacial score (nSPS) is 11.8. The molecule has 110 valence electrons. The Morgan fingerprint density at radius 2 is 2.05 bits per heavy atom. The molecular weight excluding hydrogens is 285 g/mol. The summed E-state index contributed by atoms with van der Waals surface area (Å²) < 4.78 is 13.1. The van der Waals surface area contributed by atoms with E-state index in [1.807, 2.05) is 13.8 Å². The Morgan fingerprint density at radius 3 is 2.60 bits per heavy atom. The molecule has 1 atom stereocenters. The Hall–Kier alpha value is -1.69. The Labute approximate surface area is 122 Å². The van der Waals surface area contributed by atoms with Gasteiger partial charge in [0.05, 0.1) is 11.8 Å². The van der Waals surface area contributed by atoms with Crippen molar-refractivity contribution in [2.45, 2.75) is 26.8 Å². The molecule has 1 unspecified atom stereocenters. The van der Waals surface area contributed by atoms with Crippen molar-refractivity contribution >= 4 is 23.4 Å². The van der Waals surface area contributed by atoms with E-state index in [0.717, 1.165) is 12.3 Å². The Balaban J connectivity index is 2.80. The maximum absolute atomic E-state index is 13.1. The molecule has 0 saturated carbocycles. The zero-order valence-corrected chi connectivity index (χ0v) is 12.4. The van der Waals surface area contributed by atoms with Gasteiger partial charge in [-0.2, -0.15) is 0 Å². The van der Waals surface area contributed by atoms with Crippen molar-refractivity contribution in [3.8, 4) is 0 Å². The minimum atomic E-state index is -0.721. The first-order valence-corrected chi connectivity index (χ1v) is 6.69. The number of hydrogen-bond donors (Lipinski definition) is 1. The second-order valence-electron chi connectivity index (χ2n) is 4.20. The summed E-state index contributed by atoms with van der Waals surface area (Å²) >= 11 is 5.74. The van der Waals surface area contributed by atoms with Gasteiger partial charge in [-0.25, -0.2) is 9.37 Å². The van der Waals surface area contributed by atoms with Crippen molar-refractivity contribution in [3.63, 3.8) is 0 Å². The van der Waals surface area contributed by atoms with E-state index in [4.69, 9.17) is 11.6 Å². The van der Waals surface area contributed by atoms with Gasteiger partial charge in [-0.05, 0) is 26.8 Å². The van der Waals surface area contributed by atoms with E-state index < -0.39 is 17.8 Å². The Morgan fingerprint density at radius 1 is 1.45 bits per heavy atom. The first kappa shape index (κ1) is 16.4. The molecule has 0 radical (unpaired) electrons. The SMILES string of the molecule is CCN(CC)C(=O)C(C)NC(=O)c1cc(F)cnc1Cl. The molecule has 1 N–H and O–H groups in total. The fourth-order valence-electron chi connectivity index (χ4n) is 1.73. The Bertz CT molecular complexity index is 506. The van der Waals surface area contributed by atoms with Gasteiger partial charge in [0.25, 0.3) is 5.91 Å². The van der Waals surface area contributed by atoms with Crippen LogP contribution >= 0.6 is 11.6 Å². The summed E-state index contributed by atoms with van der Waals surface area (Å²) in [5.74, 6) is -1.50. The molecule has 20 heavy (non-hydrogen) atoms. The van der Waals surface area contributed by atoms with Crippen LogP contribution in [0.5, 0.6) is 0 Å². The van der Waals surface area contributed by atoms with Crippen molar-refractivity contribution in [1.29, 1.82) is 0 Å². The predicted octanol–water partition coefficient (Wildman–Crippen LogP) is 1.86. The summed E-state index contributed by atoms with van der Waals surface area (Å²) in [6.45, 7) is 6.38. The topological polar surface area (TPSA) is 62.3 Å². The first-order valence-electron chi connectivity index (χ1n) is 6.31. The molecule has 0 fully saturated rings. The highest BCUT2D eigenvalue weighted by Crippen LogP contribution is 2.13. The van der Waals surface area contributed by atoms with Gasteiger partial charge < -0.3 is 10.2 Å². The lowest BCUT2D eigenvalue weighted by Gasteiger charge is -2.23. The average molecular weight is 302 g/mol. The number of hydrogen-bond acceptors (Lipinski definition) is 3. The summed E-state index contributed by atoms with van der Waals surface area (Å²) in [6.07, 6.45) is 0.920. The quantitative estimate of drug-likeness (QED) is 0.844. The number of halogens is 2. The number of aromatic nitrogens is 1. The third-order valence-corrected chi connectivity index (χ3v) is 3.14. The number of carbonyl (C=O) groups is 2. The lowest BCUT2D eigenvalue weighted by Crippen LogP contribution is -2.46. The monoisotopic (exact) mass is 301 g/mol. The summed E-state index contributed by atoms with van der Waals surface area (Å²) in [7, 11) is 0. The number of nitrogens with one attached hydrogen (secondary N) is 1. The standard InChI is InChI=1S/C13H17ClFN3O2/c1-4-18(5-2)13(20)8(3)17-12(19)10-6-9(15)7-16-11(10)14/h6-8H,4-5H2,1-3H3,(H,17,19). The summed E-state index contributed by atoms with van der Waals surface area (Å²) in [6, 6.07) is 0.265. The maximum Gasteiger partial charge on any atom is 0.255 e. The minimum Gasteiger partial charge on any atom is -0.341 e. The molecule has 0 aliphatic carbocycles. The minimum absolute atomic E-state index is 0.0918. The maximum atomic E-state index is 13.1. The average Bonchev–Trinajstić information content (AvgIpc) is 2.42. The molecule has 0 spiro atoms. The molecular formula is C13H17ClFN3O2.